The Hall–Kier alpha value is -3.19. The average molecular weight is 380 g/mol. The number of nitrogens with zero attached hydrogens (tertiary/aromatic N) is 3. The summed E-state index contributed by atoms with van der Waals surface area (Å²) >= 11 is 0. The number of benzene rings is 2. The fraction of sp³-hybridized carbons (Fsp3) is 0.286. The summed E-state index contributed by atoms with van der Waals surface area (Å²) in [7, 11) is 3.48. The van der Waals surface area contributed by atoms with E-state index in [-0.39, 0.29) is 5.92 Å². The van der Waals surface area contributed by atoms with E-state index >= 15 is 0 Å². The molecule has 0 fully saturated rings. The van der Waals surface area contributed by atoms with Gasteiger partial charge in [0.15, 0.2) is 0 Å². The number of nitrogens with one attached hydrogen (secondary N) is 1. The minimum atomic E-state index is -0.560. The molecule has 28 heavy (non-hydrogen) atoms. The van der Waals surface area contributed by atoms with Crippen molar-refractivity contribution >= 4 is 28.3 Å². The SMILES string of the molecule is COc1ccc(N(C)c2ncnc3ccccc23)cc1C(C(=O)NO)C(C)C. The summed E-state index contributed by atoms with van der Waals surface area (Å²) in [6.07, 6.45) is 1.54. The Morgan fingerprint density at radius 1 is 1.18 bits per heavy atom. The van der Waals surface area contributed by atoms with Gasteiger partial charge in [-0.2, -0.15) is 0 Å². The van der Waals surface area contributed by atoms with Gasteiger partial charge in [0.25, 0.3) is 5.91 Å². The number of hydrogen-bond acceptors (Lipinski definition) is 6. The molecule has 1 aromatic heterocycles. The van der Waals surface area contributed by atoms with Crippen LogP contribution in [-0.4, -0.2) is 35.2 Å². The lowest BCUT2D eigenvalue weighted by atomic mass is 9.87. The first kappa shape index (κ1) is 19.6. The molecule has 0 saturated heterocycles. The normalized spacial score (nSPS) is 12.1. The molecule has 146 valence electrons. The summed E-state index contributed by atoms with van der Waals surface area (Å²) < 4.78 is 5.48. The number of para-hydroxylation sites is 1. The van der Waals surface area contributed by atoms with Gasteiger partial charge in [0.05, 0.1) is 18.5 Å². The third-order valence-corrected chi connectivity index (χ3v) is 4.83. The predicted molar refractivity (Wildman–Crippen MR) is 108 cm³/mol. The van der Waals surface area contributed by atoms with Crippen LogP contribution in [0.2, 0.25) is 0 Å². The van der Waals surface area contributed by atoms with Crippen LogP contribution in [0.25, 0.3) is 10.9 Å². The van der Waals surface area contributed by atoms with Crippen LogP contribution in [0.1, 0.15) is 25.3 Å². The summed E-state index contributed by atoms with van der Waals surface area (Å²) in [5, 5.41) is 10.1. The van der Waals surface area contributed by atoms with Crippen LogP contribution in [-0.2, 0) is 4.79 Å². The van der Waals surface area contributed by atoms with Crippen LogP contribution >= 0.6 is 0 Å². The van der Waals surface area contributed by atoms with E-state index in [0.29, 0.717) is 11.3 Å². The summed E-state index contributed by atoms with van der Waals surface area (Å²) in [5.74, 6) is 0.277. The molecule has 3 rings (SSSR count). The molecule has 2 N–H and O–H groups in total. The fourth-order valence-electron chi connectivity index (χ4n) is 3.43. The fourth-order valence-corrected chi connectivity index (χ4v) is 3.43. The lowest BCUT2D eigenvalue weighted by molar-refractivity contribution is -0.131. The topological polar surface area (TPSA) is 87.6 Å². The zero-order valence-corrected chi connectivity index (χ0v) is 16.4. The number of carbonyl (C=O) groups excluding carboxylic acids is 1. The molecule has 1 heterocycles. The maximum atomic E-state index is 12.3. The highest BCUT2D eigenvalue weighted by Gasteiger charge is 2.28. The van der Waals surface area contributed by atoms with Crippen molar-refractivity contribution in [3.8, 4) is 5.75 Å². The highest BCUT2D eigenvalue weighted by atomic mass is 16.5. The largest absolute Gasteiger partial charge is 0.496 e. The van der Waals surface area contributed by atoms with Gasteiger partial charge in [-0.05, 0) is 36.2 Å². The van der Waals surface area contributed by atoms with E-state index in [0.717, 1.165) is 22.4 Å². The number of methoxy groups -OCH3 is 1. The molecule has 2 aromatic carbocycles. The molecule has 7 nitrogen and oxygen atoms in total. The quantitative estimate of drug-likeness (QED) is 0.501. The Morgan fingerprint density at radius 3 is 2.61 bits per heavy atom. The molecule has 0 saturated carbocycles. The van der Waals surface area contributed by atoms with E-state index < -0.39 is 11.8 Å². The van der Waals surface area contributed by atoms with E-state index in [1.165, 1.54) is 6.33 Å². The van der Waals surface area contributed by atoms with Crippen LogP contribution in [0.5, 0.6) is 5.75 Å². The van der Waals surface area contributed by atoms with Crippen LogP contribution in [0.4, 0.5) is 11.5 Å². The summed E-state index contributed by atoms with van der Waals surface area (Å²) in [5.41, 5.74) is 4.17. The van der Waals surface area contributed by atoms with Crippen LogP contribution in [0.15, 0.2) is 48.8 Å². The van der Waals surface area contributed by atoms with Crippen LogP contribution in [0, 0.1) is 5.92 Å². The molecule has 0 aliphatic heterocycles. The third kappa shape index (κ3) is 3.61. The Morgan fingerprint density at radius 2 is 1.93 bits per heavy atom. The van der Waals surface area contributed by atoms with Crippen molar-refractivity contribution in [2.45, 2.75) is 19.8 Å². The number of amides is 1. The standard InChI is InChI=1S/C21H24N4O3/c1-13(2)19(21(26)24-27)16-11-14(9-10-18(16)28-4)25(3)20-15-7-5-6-8-17(15)22-12-23-20/h5-13,19,27H,1-4H3,(H,24,26). The molecule has 0 aliphatic carbocycles. The molecule has 3 aromatic rings. The molecule has 1 amide bonds. The number of hydroxylamine groups is 1. The molecule has 0 radical (unpaired) electrons. The Kier molecular flexibility index (Phi) is 5.75. The maximum absolute atomic E-state index is 12.3. The minimum Gasteiger partial charge on any atom is -0.496 e. The van der Waals surface area contributed by atoms with Crippen molar-refractivity contribution in [3.05, 3.63) is 54.4 Å². The van der Waals surface area contributed by atoms with Gasteiger partial charge in [0.2, 0.25) is 0 Å². The second kappa shape index (κ2) is 8.22. The number of aromatic nitrogens is 2. The van der Waals surface area contributed by atoms with Gasteiger partial charge >= 0.3 is 0 Å². The lowest BCUT2D eigenvalue weighted by Gasteiger charge is -2.25. The van der Waals surface area contributed by atoms with Crippen molar-refractivity contribution in [2.75, 3.05) is 19.1 Å². The number of anilines is 2. The van der Waals surface area contributed by atoms with Crippen molar-refractivity contribution in [1.29, 1.82) is 0 Å². The highest BCUT2D eigenvalue weighted by Crippen LogP contribution is 2.37. The molecule has 7 heteroatoms. The Labute approximate surface area is 163 Å². The Bertz CT molecular complexity index is 985. The molecule has 0 aliphatic rings. The van der Waals surface area contributed by atoms with E-state index in [1.54, 1.807) is 12.6 Å². The Balaban J connectivity index is 2.11. The first-order chi connectivity index (χ1) is 13.5. The zero-order chi connectivity index (χ0) is 20.3. The molecular weight excluding hydrogens is 356 g/mol. The van der Waals surface area contributed by atoms with Gasteiger partial charge < -0.3 is 9.64 Å². The van der Waals surface area contributed by atoms with Crippen molar-refractivity contribution < 1.29 is 14.7 Å². The van der Waals surface area contributed by atoms with Gasteiger partial charge in [-0.3, -0.25) is 10.0 Å². The predicted octanol–water partition coefficient (Wildman–Crippen LogP) is 3.65. The number of ether oxygens (including phenoxy) is 1. The van der Waals surface area contributed by atoms with E-state index in [9.17, 15) is 10.0 Å². The molecular formula is C21H24N4O3. The minimum absolute atomic E-state index is 0.0403. The lowest BCUT2D eigenvalue weighted by Crippen LogP contribution is -2.30. The van der Waals surface area contributed by atoms with Gasteiger partial charge in [-0.25, -0.2) is 15.4 Å². The highest BCUT2D eigenvalue weighted by molar-refractivity contribution is 5.91. The van der Waals surface area contributed by atoms with Crippen LogP contribution in [0.3, 0.4) is 0 Å². The van der Waals surface area contributed by atoms with Crippen LogP contribution < -0.4 is 15.1 Å². The average Bonchev–Trinajstić information content (AvgIpc) is 2.72. The second-order valence-electron chi connectivity index (χ2n) is 6.90. The molecule has 0 bridgehead atoms. The summed E-state index contributed by atoms with van der Waals surface area (Å²) in [6, 6.07) is 13.4. The number of fused-ring (bicyclic) bond motifs is 1. The van der Waals surface area contributed by atoms with Gasteiger partial charge in [0.1, 0.15) is 17.9 Å². The third-order valence-electron chi connectivity index (χ3n) is 4.83. The number of rotatable bonds is 6. The van der Waals surface area contributed by atoms with Crippen molar-refractivity contribution in [1.82, 2.24) is 15.4 Å². The molecule has 1 unspecified atom stereocenters. The smallest absolute Gasteiger partial charge is 0.251 e. The van der Waals surface area contributed by atoms with E-state index in [4.69, 9.17) is 4.74 Å². The number of carbonyl (C=O) groups is 1. The van der Waals surface area contributed by atoms with E-state index in [2.05, 4.69) is 9.97 Å². The van der Waals surface area contributed by atoms with E-state index in [1.807, 2.05) is 68.3 Å². The number of hydrogen-bond donors (Lipinski definition) is 2. The van der Waals surface area contributed by atoms with Gasteiger partial charge in [-0.15, -0.1) is 0 Å². The summed E-state index contributed by atoms with van der Waals surface area (Å²) in [6.45, 7) is 3.85. The van der Waals surface area contributed by atoms with Crippen molar-refractivity contribution in [3.63, 3.8) is 0 Å². The first-order valence-corrected chi connectivity index (χ1v) is 9.03. The summed E-state index contributed by atoms with van der Waals surface area (Å²) in [4.78, 5) is 23.0. The first-order valence-electron chi connectivity index (χ1n) is 9.03. The molecule has 0 spiro atoms. The van der Waals surface area contributed by atoms with Gasteiger partial charge in [0, 0.05) is 23.7 Å². The monoisotopic (exact) mass is 380 g/mol. The second-order valence-corrected chi connectivity index (χ2v) is 6.90. The van der Waals surface area contributed by atoms with Gasteiger partial charge in [-0.1, -0.05) is 26.0 Å². The molecule has 1 atom stereocenters. The van der Waals surface area contributed by atoms with Crippen molar-refractivity contribution in [2.24, 2.45) is 5.92 Å². The maximum Gasteiger partial charge on any atom is 0.251 e. The zero-order valence-electron chi connectivity index (χ0n) is 16.4.